The van der Waals surface area contributed by atoms with Gasteiger partial charge in [0.15, 0.2) is 0 Å². The molecule has 94 valence electrons. The molecule has 0 saturated heterocycles. The minimum Gasteiger partial charge on any atom is -0.351 e. The number of thioether (sulfide) groups is 1. The monoisotopic (exact) mass is 254 g/mol. The van der Waals surface area contributed by atoms with E-state index in [-0.39, 0.29) is 11.4 Å². The van der Waals surface area contributed by atoms with Gasteiger partial charge in [-0.2, -0.15) is 0 Å². The molecule has 1 fully saturated rings. The Morgan fingerprint density at radius 1 is 1.53 bits per heavy atom. The van der Waals surface area contributed by atoms with Crippen LogP contribution in [0.4, 0.5) is 0 Å². The fourth-order valence-electron chi connectivity index (χ4n) is 1.45. The van der Waals surface area contributed by atoms with Gasteiger partial charge >= 0.3 is 0 Å². The van der Waals surface area contributed by atoms with E-state index in [9.17, 15) is 4.79 Å². The van der Waals surface area contributed by atoms with E-state index in [1.165, 1.54) is 24.6 Å². The normalized spacial score (nSPS) is 15.9. The molecule has 0 radical (unpaired) electrons. The summed E-state index contributed by atoms with van der Waals surface area (Å²) in [6.07, 6.45) is 2.40. The summed E-state index contributed by atoms with van der Waals surface area (Å²) in [6.45, 7) is 5.90. The first-order chi connectivity index (χ1) is 7.94. The van der Waals surface area contributed by atoms with E-state index in [1.54, 1.807) is 0 Å². The lowest BCUT2D eigenvalue weighted by molar-refractivity contribution is -0.119. The number of hydrogen-bond acceptors (Lipinski definition) is 4. The molecule has 1 heterocycles. The van der Waals surface area contributed by atoms with E-state index < -0.39 is 0 Å². The highest BCUT2D eigenvalue weighted by molar-refractivity contribution is 7.99. The molecule has 1 saturated carbocycles. The third-order valence-electron chi connectivity index (χ3n) is 2.29. The van der Waals surface area contributed by atoms with Crippen LogP contribution in [-0.2, 0) is 4.79 Å². The molecular weight excluding hydrogens is 236 g/mol. The lowest BCUT2D eigenvalue weighted by atomic mass is 10.1. The Bertz CT molecular complexity index is 406. The zero-order valence-corrected chi connectivity index (χ0v) is 11.2. The SMILES string of the molecule is CC(C)(C)NC(=O)CSc1n[nH]c(C2CC2)n1. The number of carbonyl (C=O) groups excluding carboxylic acids is 1. The molecule has 0 bridgehead atoms. The summed E-state index contributed by atoms with van der Waals surface area (Å²) in [4.78, 5) is 15.9. The van der Waals surface area contributed by atoms with Gasteiger partial charge in [-0.05, 0) is 33.6 Å². The molecule has 2 rings (SSSR count). The van der Waals surface area contributed by atoms with Gasteiger partial charge in [0.1, 0.15) is 5.82 Å². The Morgan fingerprint density at radius 3 is 2.82 bits per heavy atom. The van der Waals surface area contributed by atoms with Crippen molar-refractivity contribution in [1.29, 1.82) is 0 Å². The van der Waals surface area contributed by atoms with Crippen LogP contribution in [0, 0.1) is 0 Å². The standard InChI is InChI=1S/C11H18N4OS/c1-11(2,3)13-8(16)6-17-10-12-9(14-15-10)7-4-5-7/h7H,4-6H2,1-3H3,(H,13,16)(H,12,14,15). The molecule has 2 N–H and O–H groups in total. The molecule has 1 aromatic heterocycles. The Kier molecular flexibility index (Phi) is 3.42. The number of nitrogens with zero attached hydrogens (tertiary/aromatic N) is 2. The van der Waals surface area contributed by atoms with Crippen molar-refractivity contribution < 1.29 is 4.79 Å². The molecule has 17 heavy (non-hydrogen) atoms. The Balaban J connectivity index is 1.78. The lowest BCUT2D eigenvalue weighted by Crippen LogP contribution is -2.41. The maximum absolute atomic E-state index is 11.6. The van der Waals surface area contributed by atoms with Crippen molar-refractivity contribution in [3.8, 4) is 0 Å². The molecule has 1 aromatic rings. The predicted octanol–water partition coefficient (Wildman–Crippen LogP) is 1.69. The summed E-state index contributed by atoms with van der Waals surface area (Å²) in [7, 11) is 0. The summed E-state index contributed by atoms with van der Waals surface area (Å²) in [6, 6.07) is 0. The number of aromatic amines is 1. The van der Waals surface area contributed by atoms with Crippen LogP contribution in [0.25, 0.3) is 0 Å². The first kappa shape index (κ1) is 12.4. The minimum absolute atomic E-state index is 0.0141. The van der Waals surface area contributed by atoms with Crippen LogP contribution >= 0.6 is 11.8 Å². The molecule has 1 aliphatic rings. The van der Waals surface area contributed by atoms with Crippen LogP contribution in [0.15, 0.2) is 5.16 Å². The van der Waals surface area contributed by atoms with Crippen molar-refractivity contribution in [3.05, 3.63) is 5.82 Å². The number of rotatable bonds is 4. The maximum Gasteiger partial charge on any atom is 0.230 e. The molecule has 0 aromatic carbocycles. The zero-order valence-electron chi connectivity index (χ0n) is 10.4. The van der Waals surface area contributed by atoms with Gasteiger partial charge < -0.3 is 5.32 Å². The van der Waals surface area contributed by atoms with Crippen LogP contribution in [0.2, 0.25) is 0 Å². The van der Waals surface area contributed by atoms with E-state index in [2.05, 4.69) is 20.5 Å². The molecule has 6 heteroatoms. The van der Waals surface area contributed by atoms with Crippen molar-refractivity contribution in [2.24, 2.45) is 0 Å². The zero-order chi connectivity index (χ0) is 12.5. The van der Waals surface area contributed by atoms with E-state index in [0.717, 1.165) is 5.82 Å². The number of H-pyrrole nitrogens is 1. The van der Waals surface area contributed by atoms with Crippen LogP contribution < -0.4 is 5.32 Å². The topological polar surface area (TPSA) is 70.7 Å². The van der Waals surface area contributed by atoms with Crippen LogP contribution in [0.5, 0.6) is 0 Å². The first-order valence-corrected chi connectivity index (χ1v) is 6.79. The Labute approximate surface area is 105 Å². The van der Waals surface area contributed by atoms with Crippen molar-refractivity contribution in [2.75, 3.05) is 5.75 Å². The van der Waals surface area contributed by atoms with Crippen LogP contribution in [-0.4, -0.2) is 32.4 Å². The summed E-state index contributed by atoms with van der Waals surface area (Å²) in [5.74, 6) is 1.91. The van der Waals surface area contributed by atoms with Crippen LogP contribution in [0.1, 0.15) is 45.4 Å². The van der Waals surface area contributed by atoms with E-state index in [4.69, 9.17) is 0 Å². The number of carbonyl (C=O) groups is 1. The summed E-state index contributed by atoms with van der Waals surface area (Å²) in [5, 5.41) is 10.6. The fourth-order valence-corrected chi connectivity index (χ4v) is 2.05. The molecule has 0 spiro atoms. The molecule has 5 nitrogen and oxygen atoms in total. The molecule has 0 atom stereocenters. The van der Waals surface area contributed by atoms with Gasteiger partial charge in [0.05, 0.1) is 5.75 Å². The largest absolute Gasteiger partial charge is 0.351 e. The third-order valence-corrected chi connectivity index (χ3v) is 3.14. The first-order valence-electron chi connectivity index (χ1n) is 5.80. The molecule has 1 aliphatic carbocycles. The number of aromatic nitrogens is 3. The smallest absolute Gasteiger partial charge is 0.230 e. The average Bonchev–Trinajstić information content (AvgIpc) is 2.93. The van der Waals surface area contributed by atoms with E-state index in [1.807, 2.05) is 20.8 Å². The van der Waals surface area contributed by atoms with Gasteiger partial charge in [-0.15, -0.1) is 5.10 Å². The number of amides is 1. The third kappa shape index (κ3) is 4.03. The minimum atomic E-state index is -0.185. The second-order valence-corrected chi connectivity index (χ2v) is 6.31. The molecule has 0 aliphatic heterocycles. The van der Waals surface area contributed by atoms with Gasteiger partial charge in [0, 0.05) is 11.5 Å². The summed E-state index contributed by atoms with van der Waals surface area (Å²) < 4.78 is 0. The van der Waals surface area contributed by atoms with E-state index in [0.29, 0.717) is 16.8 Å². The van der Waals surface area contributed by atoms with Gasteiger partial charge in [0.2, 0.25) is 11.1 Å². The van der Waals surface area contributed by atoms with Crippen molar-refractivity contribution in [3.63, 3.8) is 0 Å². The van der Waals surface area contributed by atoms with Crippen LogP contribution in [0.3, 0.4) is 0 Å². The molecular formula is C11H18N4OS. The second kappa shape index (κ2) is 4.68. The molecule has 1 amide bonds. The quantitative estimate of drug-likeness (QED) is 0.802. The predicted molar refractivity (Wildman–Crippen MR) is 67.0 cm³/mol. The summed E-state index contributed by atoms with van der Waals surface area (Å²) >= 11 is 1.37. The van der Waals surface area contributed by atoms with Gasteiger partial charge in [-0.1, -0.05) is 11.8 Å². The average molecular weight is 254 g/mol. The highest BCUT2D eigenvalue weighted by Gasteiger charge is 2.27. The van der Waals surface area contributed by atoms with Crippen molar-refractivity contribution in [2.45, 2.75) is 50.2 Å². The van der Waals surface area contributed by atoms with Gasteiger partial charge in [0.25, 0.3) is 0 Å². The van der Waals surface area contributed by atoms with Gasteiger partial charge in [-0.3, -0.25) is 9.89 Å². The molecule has 0 unspecified atom stereocenters. The van der Waals surface area contributed by atoms with Gasteiger partial charge in [-0.25, -0.2) is 4.98 Å². The maximum atomic E-state index is 11.6. The number of nitrogens with one attached hydrogen (secondary N) is 2. The summed E-state index contributed by atoms with van der Waals surface area (Å²) in [5.41, 5.74) is -0.185. The Hall–Kier alpha value is -1.04. The highest BCUT2D eigenvalue weighted by Crippen LogP contribution is 2.38. The lowest BCUT2D eigenvalue weighted by Gasteiger charge is -2.19. The van der Waals surface area contributed by atoms with Crippen molar-refractivity contribution in [1.82, 2.24) is 20.5 Å². The Morgan fingerprint density at radius 2 is 2.24 bits per heavy atom. The van der Waals surface area contributed by atoms with E-state index >= 15 is 0 Å². The fraction of sp³-hybridized carbons (Fsp3) is 0.727. The highest BCUT2D eigenvalue weighted by atomic mass is 32.2. The second-order valence-electron chi connectivity index (χ2n) is 5.36. The van der Waals surface area contributed by atoms with Crippen molar-refractivity contribution >= 4 is 17.7 Å². The number of hydrogen-bond donors (Lipinski definition) is 2.